The summed E-state index contributed by atoms with van der Waals surface area (Å²) in [6.07, 6.45) is 2.11. The van der Waals surface area contributed by atoms with E-state index >= 15 is 0 Å². The van der Waals surface area contributed by atoms with E-state index in [1.165, 1.54) is 46.3 Å². The van der Waals surface area contributed by atoms with Gasteiger partial charge < -0.3 is 24.3 Å². The van der Waals surface area contributed by atoms with Crippen LogP contribution in [0.2, 0.25) is 10.0 Å². The second-order valence-corrected chi connectivity index (χ2v) is 20.8. The van der Waals surface area contributed by atoms with Crippen molar-refractivity contribution in [3.05, 3.63) is 105 Å². The first kappa shape index (κ1) is 46.3. The molecule has 0 spiro atoms. The summed E-state index contributed by atoms with van der Waals surface area (Å²) >= 11 is 12.6. The largest absolute Gasteiger partial charge is 0.416 e. The minimum absolute atomic E-state index is 0.0447. The van der Waals surface area contributed by atoms with Gasteiger partial charge in [-0.2, -0.15) is 32.7 Å². The van der Waals surface area contributed by atoms with Gasteiger partial charge in [0.25, 0.3) is 11.8 Å². The number of ether oxygens (including phenoxy) is 1. The van der Waals surface area contributed by atoms with Crippen molar-refractivity contribution in [1.29, 1.82) is 0 Å². The number of amides is 4. The molecular weight excluding hydrogens is 938 g/mol. The number of halogens is 5. The fraction of sp³-hybridized carbons (Fsp3) is 0.542. The lowest BCUT2D eigenvalue weighted by molar-refractivity contribution is -0.137. The number of nitrogens with zero attached hydrogens (tertiary/aromatic N) is 11. The predicted octanol–water partition coefficient (Wildman–Crippen LogP) is 5.26. The molecule has 6 aliphatic heterocycles. The van der Waals surface area contributed by atoms with Gasteiger partial charge in [-0.3, -0.25) is 24.3 Å². The van der Waals surface area contributed by atoms with Gasteiger partial charge >= 0.3 is 18.2 Å². The van der Waals surface area contributed by atoms with Gasteiger partial charge in [0.15, 0.2) is 0 Å². The molecule has 1 saturated carbocycles. The van der Waals surface area contributed by atoms with Gasteiger partial charge in [-0.05, 0) is 77.1 Å². The van der Waals surface area contributed by atoms with E-state index in [1.54, 1.807) is 20.8 Å². The van der Waals surface area contributed by atoms with Crippen LogP contribution in [0.3, 0.4) is 0 Å². The highest BCUT2D eigenvalue weighted by Gasteiger charge is 2.47. The van der Waals surface area contributed by atoms with Crippen LogP contribution in [-0.4, -0.2) is 189 Å². The molecule has 0 radical (unpaired) electrons. The molecule has 16 nitrogen and oxygen atoms in total. The summed E-state index contributed by atoms with van der Waals surface area (Å²) < 4.78 is 50.8. The number of alkyl halides is 3. The number of hydrogen-bond acceptors (Lipinski definition) is 10. The van der Waals surface area contributed by atoms with Crippen LogP contribution in [0.4, 0.5) is 22.8 Å². The Morgan fingerprint density at radius 3 is 1.72 bits per heavy atom. The lowest BCUT2D eigenvalue weighted by atomic mass is 10.0. The van der Waals surface area contributed by atoms with Gasteiger partial charge in [-0.1, -0.05) is 29.3 Å². The first-order valence-electron chi connectivity index (χ1n) is 23.9. The van der Waals surface area contributed by atoms with E-state index in [9.17, 15) is 32.3 Å². The minimum atomic E-state index is -4.50. The molecule has 7 fully saturated rings. The molecule has 6 saturated heterocycles. The molecule has 7 aliphatic rings. The zero-order valence-corrected chi connectivity index (χ0v) is 39.5. The van der Waals surface area contributed by atoms with Crippen molar-refractivity contribution < 1.29 is 37.1 Å². The summed E-state index contributed by atoms with van der Waals surface area (Å²) in [6.45, 7) is 10.4. The van der Waals surface area contributed by atoms with Crippen molar-refractivity contribution in [3.8, 4) is 0 Å². The Morgan fingerprint density at radius 2 is 1.17 bits per heavy atom. The minimum Gasteiger partial charge on any atom is -0.378 e. The third-order valence-corrected chi connectivity index (χ3v) is 16.0. The number of hydrogen-bond donors (Lipinski definition) is 0. The lowest BCUT2D eigenvalue weighted by Gasteiger charge is -2.35. The van der Waals surface area contributed by atoms with Crippen LogP contribution < -0.4 is 0 Å². The van der Waals surface area contributed by atoms with Gasteiger partial charge in [0, 0.05) is 139 Å². The second kappa shape index (κ2) is 18.6. The van der Waals surface area contributed by atoms with Gasteiger partial charge in [0.2, 0.25) is 0 Å². The summed E-state index contributed by atoms with van der Waals surface area (Å²) in [7, 11) is 0. The molecule has 11 rings (SSSR count). The standard InChI is InChI=1S/C48H54Cl2F3N11O5/c49-40-1-2-42(50)32(14-40)19-57-22-37-26-62(27-38(37)23-57)47(68)63-28-33(16-54-63)44(65)59-5-3-58(4-6-59)43-15-41(43)31-11-30(12-39(13-31)48(51,52)53)18-56-20-35-24-61(25-36(35)21-56)46(67)64-29-34(17-55-64)45(66)60-7-9-69-10-8-60/h1-2,11-14,16-17,28-29,35-38,41,43H,3-10,15,18-27H2. The van der Waals surface area contributed by atoms with Crippen molar-refractivity contribution in [2.75, 3.05) is 105 Å². The second-order valence-electron chi connectivity index (χ2n) is 20.0. The average molecular weight is 993 g/mol. The third-order valence-electron chi connectivity index (χ3n) is 15.4. The van der Waals surface area contributed by atoms with Crippen molar-refractivity contribution in [2.45, 2.75) is 37.6 Å². The van der Waals surface area contributed by atoms with E-state index in [1.807, 2.05) is 23.1 Å². The van der Waals surface area contributed by atoms with Crippen LogP contribution in [0.15, 0.2) is 61.2 Å². The van der Waals surface area contributed by atoms with Crippen molar-refractivity contribution >= 4 is 47.1 Å². The summed E-state index contributed by atoms with van der Waals surface area (Å²) in [4.78, 5) is 67.3. The molecule has 1 aliphatic carbocycles. The molecule has 2 aromatic heterocycles. The number of morpholine rings is 1. The Bertz CT molecular complexity index is 2600. The monoisotopic (exact) mass is 991 g/mol. The lowest BCUT2D eigenvalue weighted by Crippen LogP contribution is -2.49. The molecule has 21 heteroatoms. The fourth-order valence-corrected chi connectivity index (χ4v) is 12.2. The Morgan fingerprint density at radius 1 is 0.638 bits per heavy atom. The number of rotatable bonds is 8. The number of fused-ring (bicyclic) bond motifs is 2. The van der Waals surface area contributed by atoms with Gasteiger partial charge in [-0.15, -0.1) is 0 Å². The maximum Gasteiger partial charge on any atom is 0.416 e. The first-order chi connectivity index (χ1) is 33.2. The van der Waals surface area contributed by atoms with Crippen molar-refractivity contribution in [1.82, 2.24) is 53.9 Å². The molecule has 2 aromatic carbocycles. The molecule has 6 unspecified atom stereocenters. The van der Waals surface area contributed by atoms with E-state index in [4.69, 9.17) is 27.9 Å². The number of benzene rings is 2. The van der Waals surface area contributed by atoms with E-state index in [0.29, 0.717) is 149 Å². The topological polar surface area (TPSA) is 136 Å². The van der Waals surface area contributed by atoms with Crippen LogP contribution in [0, 0.1) is 23.7 Å². The number of carbonyl (C=O) groups is 4. The van der Waals surface area contributed by atoms with E-state index < -0.39 is 11.7 Å². The maximum absolute atomic E-state index is 14.3. The molecule has 0 N–H and O–H groups in total. The van der Waals surface area contributed by atoms with E-state index in [2.05, 4.69) is 24.9 Å². The molecule has 6 atom stereocenters. The highest BCUT2D eigenvalue weighted by molar-refractivity contribution is 6.33. The normalized spacial score (nSPS) is 26.5. The highest BCUT2D eigenvalue weighted by Crippen LogP contribution is 2.47. The van der Waals surface area contributed by atoms with Gasteiger partial charge in [-0.25, -0.2) is 9.59 Å². The summed E-state index contributed by atoms with van der Waals surface area (Å²) in [5, 5.41) is 9.82. The molecule has 69 heavy (non-hydrogen) atoms. The Hall–Kier alpha value is -5.05. The molecule has 8 heterocycles. The quantitative estimate of drug-likeness (QED) is 0.230. The Kier molecular flexibility index (Phi) is 12.5. The molecule has 0 bridgehead atoms. The van der Waals surface area contributed by atoms with Crippen LogP contribution in [0.1, 0.15) is 55.3 Å². The van der Waals surface area contributed by atoms with E-state index in [-0.39, 0.29) is 47.7 Å². The molecule has 4 amide bonds. The number of carbonyl (C=O) groups excluding carboxylic acids is 4. The zero-order chi connectivity index (χ0) is 47.7. The SMILES string of the molecule is O=C(c1cnn(C(=O)N2CC3CN(Cc4cc(C5CC5N5CCN(C(=O)c6cnn(C(=O)N7CC8CN(Cc9cc(Cl)ccc9Cl)CC8C7)c6)CC5)cc(C(F)(F)F)c4)CC3C2)c1)N1CCOCC1. The maximum atomic E-state index is 14.3. The predicted molar refractivity (Wildman–Crippen MR) is 247 cm³/mol. The zero-order valence-electron chi connectivity index (χ0n) is 38.0. The Balaban J connectivity index is 0.648. The van der Waals surface area contributed by atoms with Crippen LogP contribution in [-0.2, 0) is 24.0 Å². The van der Waals surface area contributed by atoms with Crippen LogP contribution >= 0.6 is 23.2 Å². The number of piperazine rings is 1. The van der Waals surface area contributed by atoms with Crippen molar-refractivity contribution in [3.63, 3.8) is 0 Å². The Labute approximate surface area is 407 Å². The molecular formula is C48H54Cl2F3N11O5. The summed E-state index contributed by atoms with van der Waals surface area (Å²) in [5.74, 6) is 0.587. The van der Waals surface area contributed by atoms with E-state index in [0.717, 1.165) is 25.1 Å². The van der Waals surface area contributed by atoms with Gasteiger partial charge in [0.1, 0.15) is 0 Å². The molecule has 4 aromatic rings. The number of likely N-dealkylation sites (tertiary alicyclic amines) is 4. The van der Waals surface area contributed by atoms with Crippen molar-refractivity contribution in [2.24, 2.45) is 23.7 Å². The van der Waals surface area contributed by atoms with Gasteiger partial charge in [0.05, 0.1) is 42.3 Å². The number of aromatic nitrogens is 4. The molecule has 366 valence electrons. The fourth-order valence-electron chi connectivity index (χ4n) is 11.8. The highest BCUT2D eigenvalue weighted by atomic mass is 35.5. The smallest absolute Gasteiger partial charge is 0.378 e. The van der Waals surface area contributed by atoms with Crippen LogP contribution in [0.5, 0.6) is 0 Å². The third kappa shape index (κ3) is 9.62. The van der Waals surface area contributed by atoms with Crippen LogP contribution in [0.25, 0.3) is 0 Å². The first-order valence-corrected chi connectivity index (χ1v) is 24.6. The summed E-state index contributed by atoms with van der Waals surface area (Å²) in [6, 6.07) is 9.52. The average Bonchev–Trinajstić information content (AvgIpc) is 4.02. The summed E-state index contributed by atoms with van der Waals surface area (Å²) in [5.41, 5.74) is 2.34.